The Kier molecular flexibility index (Phi) is 4.51. The maximum Gasteiger partial charge on any atom is 0.247 e. The zero-order valence-electron chi connectivity index (χ0n) is 13.8. The number of hydrogen-bond donors (Lipinski definition) is 1. The van der Waals surface area contributed by atoms with Gasteiger partial charge in [-0.25, -0.2) is 0 Å². The van der Waals surface area contributed by atoms with Crippen molar-refractivity contribution in [2.24, 2.45) is 0 Å². The Bertz CT molecular complexity index is 755. The van der Waals surface area contributed by atoms with E-state index in [-0.39, 0.29) is 11.8 Å². The first-order valence-corrected chi connectivity index (χ1v) is 8.01. The topological polar surface area (TPSA) is 58.6 Å². The molecular formula is C19H20N2O3. The van der Waals surface area contributed by atoms with Gasteiger partial charge in [-0.2, -0.15) is 0 Å². The molecule has 0 bridgehead atoms. The first-order chi connectivity index (χ1) is 11.6. The van der Waals surface area contributed by atoms with Gasteiger partial charge in [0.15, 0.2) is 0 Å². The molecule has 124 valence electrons. The number of nitrogens with zero attached hydrogens (tertiary/aromatic N) is 1. The fraction of sp³-hybridized carbons (Fsp3) is 0.263. The molecule has 0 saturated carbocycles. The smallest absolute Gasteiger partial charge is 0.247 e. The summed E-state index contributed by atoms with van der Waals surface area (Å²) in [6.07, 6.45) is 0.526. The van der Waals surface area contributed by atoms with E-state index in [9.17, 15) is 9.59 Å². The van der Waals surface area contributed by atoms with E-state index in [2.05, 4.69) is 5.32 Å². The lowest BCUT2D eigenvalue weighted by Gasteiger charge is -2.23. The highest BCUT2D eigenvalue weighted by Gasteiger charge is 2.36. The van der Waals surface area contributed by atoms with Crippen LogP contribution in [0, 0.1) is 0 Å². The summed E-state index contributed by atoms with van der Waals surface area (Å²) in [4.78, 5) is 26.3. The third kappa shape index (κ3) is 3.11. The average Bonchev–Trinajstić information content (AvgIpc) is 2.97. The molecule has 0 radical (unpaired) electrons. The molecule has 2 aromatic rings. The molecule has 3 rings (SSSR count). The summed E-state index contributed by atoms with van der Waals surface area (Å²) in [5, 5.41) is 2.88. The Morgan fingerprint density at radius 2 is 1.88 bits per heavy atom. The van der Waals surface area contributed by atoms with Crippen LogP contribution in [0.15, 0.2) is 48.5 Å². The van der Waals surface area contributed by atoms with E-state index in [0.717, 1.165) is 17.0 Å². The Morgan fingerprint density at radius 1 is 1.17 bits per heavy atom. The number of ether oxygens (including phenoxy) is 1. The summed E-state index contributed by atoms with van der Waals surface area (Å²) in [5.74, 6) is 0.437. The van der Waals surface area contributed by atoms with Gasteiger partial charge in [-0.1, -0.05) is 18.2 Å². The second kappa shape index (κ2) is 6.74. The van der Waals surface area contributed by atoms with Crippen molar-refractivity contribution in [3.63, 3.8) is 0 Å². The molecule has 0 spiro atoms. The number of anilines is 2. The van der Waals surface area contributed by atoms with Gasteiger partial charge >= 0.3 is 0 Å². The Labute approximate surface area is 141 Å². The van der Waals surface area contributed by atoms with Gasteiger partial charge in [0.25, 0.3) is 0 Å². The second-order valence-corrected chi connectivity index (χ2v) is 5.68. The second-order valence-electron chi connectivity index (χ2n) is 5.68. The minimum Gasteiger partial charge on any atom is -0.494 e. The fourth-order valence-electron chi connectivity index (χ4n) is 3.01. The van der Waals surface area contributed by atoms with Gasteiger partial charge in [-0.05, 0) is 42.8 Å². The molecule has 2 amide bonds. The lowest BCUT2D eigenvalue weighted by atomic mass is 10.1. The Morgan fingerprint density at radius 3 is 2.54 bits per heavy atom. The molecule has 1 heterocycles. The Balaban J connectivity index is 1.76. The van der Waals surface area contributed by atoms with Crippen LogP contribution in [0.4, 0.5) is 11.4 Å². The van der Waals surface area contributed by atoms with Crippen LogP contribution >= 0.6 is 0 Å². The highest BCUT2D eigenvalue weighted by Crippen LogP contribution is 2.32. The third-order valence-corrected chi connectivity index (χ3v) is 4.05. The standard InChI is InChI=1S/C19H20N2O3/c1-3-24-16-10-8-15(9-11-16)20-19(23)18-12-14-6-4-5-7-17(14)21(18)13(2)22/h4-11,18H,3,12H2,1-2H3,(H,20,23)/t18-/m1/s1. The minimum absolute atomic E-state index is 0.133. The molecule has 5 heteroatoms. The van der Waals surface area contributed by atoms with Crippen molar-refractivity contribution >= 4 is 23.2 Å². The van der Waals surface area contributed by atoms with Crippen LogP contribution in [-0.2, 0) is 16.0 Å². The predicted octanol–water partition coefficient (Wildman–Crippen LogP) is 3.00. The highest BCUT2D eigenvalue weighted by molar-refractivity contribution is 6.06. The molecule has 1 aliphatic heterocycles. The van der Waals surface area contributed by atoms with Crippen LogP contribution in [0.1, 0.15) is 19.4 Å². The lowest BCUT2D eigenvalue weighted by molar-refractivity contribution is -0.122. The fourth-order valence-corrected chi connectivity index (χ4v) is 3.01. The molecule has 0 aromatic heterocycles. The van der Waals surface area contributed by atoms with Gasteiger partial charge in [0.2, 0.25) is 11.8 Å². The van der Waals surface area contributed by atoms with Crippen LogP contribution in [0.5, 0.6) is 5.75 Å². The molecule has 0 fully saturated rings. The normalized spacial score (nSPS) is 15.8. The molecule has 0 unspecified atom stereocenters. The quantitative estimate of drug-likeness (QED) is 0.940. The van der Waals surface area contributed by atoms with Gasteiger partial charge in [0.1, 0.15) is 11.8 Å². The zero-order chi connectivity index (χ0) is 17.1. The number of carbonyl (C=O) groups excluding carboxylic acids is 2. The number of amides is 2. The summed E-state index contributed by atoms with van der Waals surface area (Å²) in [7, 11) is 0. The molecule has 5 nitrogen and oxygen atoms in total. The SMILES string of the molecule is CCOc1ccc(NC(=O)[C@H]2Cc3ccccc3N2C(C)=O)cc1. The van der Waals surface area contributed by atoms with Crippen LogP contribution in [0.25, 0.3) is 0 Å². The molecule has 1 atom stereocenters. The zero-order valence-corrected chi connectivity index (χ0v) is 13.8. The minimum atomic E-state index is -0.522. The highest BCUT2D eigenvalue weighted by atomic mass is 16.5. The van der Waals surface area contributed by atoms with Crippen LogP contribution in [0.3, 0.4) is 0 Å². The van der Waals surface area contributed by atoms with Gasteiger partial charge < -0.3 is 10.1 Å². The van der Waals surface area contributed by atoms with E-state index >= 15 is 0 Å². The molecule has 1 N–H and O–H groups in total. The van der Waals surface area contributed by atoms with Crippen LogP contribution in [-0.4, -0.2) is 24.5 Å². The van der Waals surface area contributed by atoms with Gasteiger partial charge in [0.05, 0.1) is 6.61 Å². The van der Waals surface area contributed by atoms with Gasteiger partial charge in [-0.3, -0.25) is 14.5 Å². The van der Waals surface area contributed by atoms with Crippen molar-refractivity contribution in [3.05, 3.63) is 54.1 Å². The molecule has 2 aromatic carbocycles. The number of benzene rings is 2. The summed E-state index contributed by atoms with van der Waals surface area (Å²) >= 11 is 0. The van der Waals surface area contributed by atoms with Crippen LogP contribution in [0.2, 0.25) is 0 Å². The number of hydrogen-bond acceptors (Lipinski definition) is 3. The van der Waals surface area contributed by atoms with Crippen molar-refractivity contribution < 1.29 is 14.3 Å². The molecular weight excluding hydrogens is 304 g/mol. The first-order valence-electron chi connectivity index (χ1n) is 8.01. The summed E-state index contributed by atoms with van der Waals surface area (Å²) in [6, 6.07) is 14.3. The maximum atomic E-state index is 12.7. The summed E-state index contributed by atoms with van der Waals surface area (Å²) < 4.78 is 5.39. The van der Waals surface area contributed by atoms with E-state index in [0.29, 0.717) is 18.7 Å². The van der Waals surface area contributed by atoms with Crippen molar-refractivity contribution in [2.75, 3.05) is 16.8 Å². The molecule has 1 aliphatic rings. The number of rotatable bonds is 4. The third-order valence-electron chi connectivity index (χ3n) is 4.05. The number of fused-ring (bicyclic) bond motifs is 1. The molecule has 24 heavy (non-hydrogen) atoms. The predicted molar refractivity (Wildman–Crippen MR) is 93.3 cm³/mol. The van der Waals surface area contributed by atoms with E-state index in [4.69, 9.17) is 4.74 Å². The molecule has 0 aliphatic carbocycles. The van der Waals surface area contributed by atoms with Crippen molar-refractivity contribution in [2.45, 2.75) is 26.3 Å². The Hall–Kier alpha value is -2.82. The summed E-state index contributed by atoms with van der Waals surface area (Å²) in [6.45, 7) is 4.00. The summed E-state index contributed by atoms with van der Waals surface area (Å²) in [5.41, 5.74) is 2.51. The number of nitrogens with one attached hydrogen (secondary N) is 1. The lowest BCUT2D eigenvalue weighted by Crippen LogP contribution is -2.44. The van der Waals surface area contributed by atoms with Crippen LogP contribution < -0.4 is 15.0 Å². The van der Waals surface area contributed by atoms with Crippen molar-refractivity contribution in [3.8, 4) is 5.75 Å². The number of para-hydroxylation sites is 1. The van der Waals surface area contributed by atoms with Crippen molar-refractivity contribution in [1.82, 2.24) is 0 Å². The molecule has 0 saturated heterocycles. The van der Waals surface area contributed by atoms with Crippen molar-refractivity contribution in [1.29, 1.82) is 0 Å². The monoisotopic (exact) mass is 324 g/mol. The van der Waals surface area contributed by atoms with E-state index in [1.165, 1.54) is 6.92 Å². The maximum absolute atomic E-state index is 12.7. The van der Waals surface area contributed by atoms with E-state index < -0.39 is 6.04 Å². The largest absolute Gasteiger partial charge is 0.494 e. The van der Waals surface area contributed by atoms with Gasteiger partial charge in [0, 0.05) is 24.7 Å². The van der Waals surface area contributed by atoms with E-state index in [1.807, 2.05) is 43.3 Å². The van der Waals surface area contributed by atoms with Gasteiger partial charge in [-0.15, -0.1) is 0 Å². The average molecular weight is 324 g/mol. The number of carbonyl (C=O) groups is 2. The first kappa shape index (κ1) is 16.1. The van der Waals surface area contributed by atoms with E-state index in [1.54, 1.807) is 17.0 Å².